The number of nitrogens with one attached hydrogen (secondary N) is 1. The highest BCUT2D eigenvalue weighted by Gasteiger charge is 2.27. The summed E-state index contributed by atoms with van der Waals surface area (Å²) in [7, 11) is 1.58. The van der Waals surface area contributed by atoms with Gasteiger partial charge in [0.1, 0.15) is 11.6 Å². The molecule has 1 N–H and O–H groups in total. The topological polar surface area (TPSA) is 41.6 Å². The number of halogens is 1. The molecule has 0 unspecified atom stereocenters. The van der Waals surface area contributed by atoms with E-state index in [1.54, 1.807) is 18.1 Å². The number of amides is 1. The van der Waals surface area contributed by atoms with Gasteiger partial charge in [-0.05, 0) is 35.9 Å². The molecular formula is C21H17FN2O2. The van der Waals surface area contributed by atoms with Crippen LogP contribution in [0.3, 0.4) is 0 Å². The number of nitrogens with zero attached hydrogens (tertiary/aromatic N) is 1. The zero-order valence-corrected chi connectivity index (χ0v) is 14.2. The summed E-state index contributed by atoms with van der Waals surface area (Å²) < 4.78 is 19.0. The Morgan fingerprint density at radius 2 is 1.81 bits per heavy atom. The molecule has 1 aliphatic heterocycles. The van der Waals surface area contributed by atoms with Crippen LogP contribution in [0, 0.1) is 5.82 Å². The minimum absolute atomic E-state index is 0.180. The maximum atomic E-state index is 13.7. The maximum absolute atomic E-state index is 13.7. The highest BCUT2D eigenvalue weighted by Crippen LogP contribution is 2.38. The van der Waals surface area contributed by atoms with E-state index in [1.807, 2.05) is 42.5 Å². The molecule has 3 aromatic rings. The molecule has 0 aliphatic carbocycles. The first-order chi connectivity index (χ1) is 12.7. The molecule has 0 aromatic heterocycles. The number of ether oxygens (including phenoxy) is 1. The molecular weight excluding hydrogens is 331 g/mol. The summed E-state index contributed by atoms with van der Waals surface area (Å²) in [5.41, 5.74) is 3.29. The van der Waals surface area contributed by atoms with Crippen LogP contribution in [0.5, 0.6) is 5.75 Å². The molecule has 0 radical (unpaired) electrons. The first-order valence-electron chi connectivity index (χ1n) is 8.26. The van der Waals surface area contributed by atoms with Gasteiger partial charge in [0.25, 0.3) is 5.91 Å². The van der Waals surface area contributed by atoms with Gasteiger partial charge < -0.3 is 15.0 Å². The van der Waals surface area contributed by atoms with Gasteiger partial charge >= 0.3 is 0 Å². The van der Waals surface area contributed by atoms with Gasteiger partial charge in [-0.2, -0.15) is 0 Å². The molecule has 26 heavy (non-hydrogen) atoms. The van der Waals surface area contributed by atoms with Crippen LogP contribution in [-0.4, -0.2) is 13.0 Å². The fraction of sp³-hybridized carbons (Fsp3) is 0.0952. The molecule has 0 fully saturated rings. The monoisotopic (exact) mass is 348 g/mol. The number of hydrogen-bond donors (Lipinski definition) is 1. The average Bonchev–Trinajstić information content (AvgIpc) is 2.77. The summed E-state index contributed by atoms with van der Waals surface area (Å²) in [5.74, 6) is 0.0773. The second kappa shape index (κ2) is 6.52. The van der Waals surface area contributed by atoms with E-state index >= 15 is 0 Å². The molecule has 4 nitrogen and oxygen atoms in total. The molecule has 1 aliphatic rings. The molecule has 130 valence electrons. The summed E-state index contributed by atoms with van der Waals surface area (Å²) >= 11 is 0. The molecule has 0 spiro atoms. The van der Waals surface area contributed by atoms with Gasteiger partial charge in [0, 0.05) is 6.07 Å². The van der Waals surface area contributed by atoms with Gasteiger partial charge in [-0.25, -0.2) is 4.39 Å². The zero-order chi connectivity index (χ0) is 18.1. The SMILES string of the molecule is COc1ccc2c(c1)Nc1cc(F)ccc1C(=O)N2Cc1ccccc1. The van der Waals surface area contributed by atoms with Crippen LogP contribution < -0.4 is 15.0 Å². The molecule has 4 rings (SSSR count). The molecule has 5 heteroatoms. The van der Waals surface area contributed by atoms with E-state index in [-0.39, 0.29) is 5.91 Å². The van der Waals surface area contributed by atoms with E-state index in [2.05, 4.69) is 5.32 Å². The van der Waals surface area contributed by atoms with Gasteiger partial charge in [-0.3, -0.25) is 4.79 Å². The standard InChI is InChI=1S/C21H17FN2O2/c1-26-16-8-10-20-19(12-16)23-18-11-15(22)7-9-17(18)21(25)24(20)13-14-5-3-2-4-6-14/h2-12,23H,13H2,1H3. The summed E-state index contributed by atoms with van der Waals surface area (Å²) in [5, 5.41) is 3.18. The third-order valence-electron chi connectivity index (χ3n) is 4.40. The van der Waals surface area contributed by atoms with E-state index in [4.69, 9.17) is 4.74 Å². The Morgan fingerprint density at radius 3 is 2.58 bits per heavy atom. The van der Waals surface area contributed by atoms with Crippen molar-refractivity contribution in [1.29, 1.82) is 0 Å². The minimum atomic E-state index is -0.398. The lowest BCUT2D eigenvalue weighted by Gasteiger charge is -2.23. The minimum Gasteiger partial charge on any atom is -0.497 e. The van der Waals surface area contributed by atoms with Gasteiger partial charge in [0.2, 0.25) is 0 Å². The van der Waals surface area contributed by atoms with Gasteiger partial charge in [-0.1, -0.05) is 30.3 Å². The second-order valence-corrected chi connectivity index (χ2v) is 6.07. The van der Waals surface area contributed by atoms with Crippen LogP contribution in [-0.2, 0) is 6.54 Å². The number of rotatable bonds is 3. The summed E-state index contributed by atoms with van der Waals surface area (Å²) in [6, 6.07) is 19.4. The number of carbonyl (C=O) groups is 1. The van der Waals surface area contributed by atoms with Crippen molar-refractivity contribution in [2.75, 3.05) is 17.3 Å². The van der Waals surface area contributed by atoms with E-state index in [0.29, 0.717) is 29.2 Å². The molecule has 1 amide bonds. The molecule has 0 atom stereocenters. The lowest BCUT2D eigenvalue weighted by atomic mass is 10.1. The average molecular weight is 348 g/mol. The largest absolute Gasteiger partial charge is 0.497 e. The zero-order valence-electron chi connectivity index (χ0n) is 14.2. The van der Waals surface area contributed by atoms with Gasteiger partial charge in [-0.15, -0.1) is 0 Å². The fourth-order valence-electron chi connectivity index (χ4n) is 3.11. The smallest absolute Gasteiger partial charge is 0.260 e. The molecule has 0 saturated carbocycles. The first kappa shape index (κ1) is 16.1. The van der Waals surface area contributed by atoms with Crippen LogP contribution in [0.1, 0.15) is 15.9 Å². The summed E-state index contributed by atoms with van der Waals surface area (Å²) in [6.45, 7) is 0.414. The Labute approximate surface area is 150 Å². The van der Waals surface area contributed by atoms with Crippen molar-refractivity contribution in [2.24, 2.45) is 0 Å². The van der Waals surface area contributed by atoms with E-state index in [1.165, 1.54) is 18.2 Å². The number of benzene rings is 3. The molecule has 0 saturated heterocycles. The van der Waals surface area contributed by atoms with Crippen molar-refractivity contribution in [1.82, 2.24) is 0 Å². The Morgan fingerprint density at radius 1 is 1.00 bits per heavy atom. The lowest BCUT2D eigenvalue weighted by molar-refractivity contribution is 0.0986. The summed E-state index contributed by atoms with van der Waals surface area (Å²) in [6.07, 6.45) is 0. The van der Waals surface area contributed by atoms with Crippen molar-refractivity contribution >= 4 is 23.0 Å². The van der Waals surface area contributed by atoms with Crippen LogP contribution >= 0.6 is 0 Å². The normalized spacial score (nSPS) is 12.7. The van der Waals surface area contributed by atoms with Crippen LogP contribution in [0.25, 0.3) is 0 Å². The van der Waals surface area contributed by atoms with Gasteiger partial charge in [0.05, 0.1) is 36.3 Å². The highest BCUT2D eigenvalue weighted by molar-refractivity contribution is 6.13. The van der Waals surface area contributed by atoms with Crippen molar-refractivity contribution in [2.45, 2.75) is 6.54 Å². The molecule has 0 bridgehead atoms. The number of hydrogen-bond acceptors (Lipinski definition) is 3. The Hall–Kier alpha value is -3.34. The predicted molar refractivity (Wildman–Crippen MR) is 99.6 cm³/mol. The third kappa shape index (κ3) is 2.88. The Kier molecular flexibility index (Phi) is 4.05. The first-order valence-corrected chi connectivity index (χ1v) is 8.26. The molecule has 1 heterocycles. The fourth-order valence-corrected chi connectivity index (χ4v) is 3.11. The third-order valence-corrected chi connectivity index (χ3v) is 4.40. The van der Waals surface area contributed by atoms with Crippen LogP contribution in [0.15, 0.2) is 66.7 Å². The summed E-state index contributed by atoms with van der Waals surface area (Å²) in [4.78, 5) is 14.9. The highest BCUT2D eigenvalue weighted by atomic mass is 19.1. The number of anilines is 3. The number of methoxy groups -OCH3 is 1. The van der Waals surface area contributed by atoms with Crippen molar-refractivity contribution in [3.63, 3.8) is 0 Å². The predicted octanol–water partition coefficient (Wildman–Crippen LogP) is 4.74. The van der Waals surface area contributed by atoms with E-state index in [0.717, 1.165) is 11.3 Å². The lowest BCUT2D eigenvalue weighted by Crippen LogP contribution is -2.29. The number of fused-ring (bicyclic) bond motifs is 2. The molecule has 3 aromatic carbocycles. The quantitative estimate of drug-likeness (QED) is 0.743. The Balaban J connectivity index is 1.86. The van der Waals surface area contributed by atoms with Crippen molar-refractivity contribution < 1.29 is 13.9 Å². The van der Waals surface area contributed by atoms with Crippen molar-refractivity contribution in [3.8, 4) is 5.75 Å². The van der Waals surface area contributed by atoms with Crippen molar-refractivity contribution in [3.05, 3.63) is 83.7 Å². The maximum Gasteiger partial charge on any atom is 0.260 e. The number of carbonyl (C=O) groups excluding carboxylic acids is 1. The Bertz CT molecular complexity index is 973. The van der Waals surface area contributed by atoms with Crippen LogP contribution in [0.4, 0.5) is 21.5 Å². The second-order valence-electron chi connectivity index (χ2n) is 6.07. The van der Waals surface area contributed by atoms with E-state index in [9.17, 15) is 9.18 Å². The van der Waals surface area contributed by atoms with E-state index < -0.39 is 5.82 Å². The van der Waals surface area contributed by atoms with Gasteiger partial charge in [0.15, 0.2) is 0 Å². The van der Waals surface area contributed by atoms with Crippen LogP contribution in [0.2, 0.25) is 0 Å².